The molecule has 0 saturated heterocycles. The first kappa shape index (κ1) is 13.5. The van der Waals surface area contributed by atoms with Gasteiger partial charge in [-0.3, -0.25) is 0 Å². The standard InChI is InChI=1S/C13H10F3N3O2/c14-13(15,16)11-3-4-17-12(19-11)18-8-1-2-9-10(7-8)21-6-5-20-9/h1-4,7H,5-6H2,(H,17,18,19). The second-order valence-corrected chi connectivity index (χ2v) is 4.25. The molecule has 110 valence electrons. The predicted molar refractivity (Wildman–Crippen MR) is 67.7 cm³/mol. The van der Waals surface area contributed by atoms with Gasteiger partial charge in [0.05, 0.1) is 0 Å². The quantitative estimate of drug-likeness (QED) is 0.923. The molecule has 0 fully saturated rings. The van der Waals surface area contributed by atoms with E-state index >= 15 is 0 Å². The number of fused-ring (bicyclic) bond motifs is 1. The van der Waals surface area contributed by atoms with E-state index < -0.39 is 11.9 Å². The largest absolute Gasteiger partial charge is 0.486 e. The van der Waals surface area contributed by atoms with Crippen molar-refractivity contribution < 1.29 is 22.6 Å². The molecule has 2 heterocycles. The van der Waals surface area contributed by atoms with Crippen LogP contribution in [0.1, 0.15) is 5.69 Å². The highest BCUT2D eigenvalue weighted by molar-refractivity contribution is 5.60. The normalized spacial score (nSPS) is 13.9. The van der Waals surface area contributed by atoms with Gasteiger partial charge < -0.3 is 14.8 Å². The van der Waals surface area contributed by atoms with Crippen LogP contribution in [0.15, 0.2) is 30.5 Å². The third-order valence-corrected chi connectivity index (χ3v) is 2.74. The molecule has 0 amide bonds. The van der Waals surface area contributed by atoms with Crippen molar-refractivity contribution in [3.05, 3.63) is 36.2 Å². The van der Waals surface area contributed by atoms with Crippen LogP contribution in [-0.4, -0.2) is 23.2 Å². The van der Waals surface area contributed by atoms with Crippen LogP contribution in [0, 0.1) is 0 Å². The fourth-order valence-corrected chi connectivity index (χ4v) is 1.83. The van der Waals surface area contributed by atoms with Gasteiger partial charge in [0, 0.05) is 18.0 Å². The molecule has 0 unspecified atom stereocenters. The highest BCUT2D eigenvalue weighted by Gasteiger charge is 2.32. The van der Waals surface area contributed by atoms with Gasteiger partial charge in [0.2, 0.25) is 5.95 Å². The number of hydrogen-bond acceptors (Lipinski definition) is 5. The van der Waals surface area contributed by atoms with E-state index in [0.717, 1.165) is 12.3 Å². The lowest BCUT2D eigenvalue weighted by atomic mass is 10.2. The molecule has 0 bridgehead atoms. The molecule has 3 rings (SSSR count). The van der Waals surface area contributed by atoms with Crippen LogP contribution in [-0.2, 0) is 6.18 Å². The molecule has 0 saturated carbocycles. The number of nitrogens with zero attached hydrogens (tertiary/aromatic N) is 2. The van der Waals surface area contributed by atoms with Crippen molar-refractivity contribution in [2.24, 2.45) is 0 Å². The summed E-state index contributed by atoms with van der Waals surface area (Å²) in [6, 6.07) is 5.76. The molecule has 2 aromatic rings. The lowest BCUT2D eigenvalue weighted by molar-refractivity contribution is -0.141. The lowest BCUT2D eigenvalue weighted by Gasteiger charge is -2.19. The Labute approximate surface area is 117 Å². The van der Waals surface area contributed by atoms with Crippen molar-refractivity contribution in [2.75, 3.05) is 18.5 Å². The smallest absolute Gasteiger partial charge is 0.433 e. The summed E-state index contributed by atoms with van der Waals surface area (Å²) < 4.78 is 48.5. The van der Waals surface area contributed by atoms with E-state index in [1.54, 1.807) is 18.2 Å². The number of alkyl halides is 3. The summed E-state index contributed by atoms with van der Waals surface area (Å²) in [5.74, 6) is 0.983. The molecular weight excluding hydrogens is 287 g/mol. The lowest BCUT2D eigenvalue weighted by Crippen LogP contribution is -2.15. The average molecular weight is 297 g/mol. The van der Waals surface area contributed by atoms with Crippen LogP contribution >= 0.6 is 0 Å². The SMILES string of the molecule is FC(F)(F)c1ccnc(Nc2ccc3c(c2)OCCO3)n1. The van der Waals surface area contributed by atoms with Crippen LogP contribution in [0.25, 0.3) is 0 Å². The van der Waals surface area contributed by atoms with E-state index in [-0.39, 0.29) is 5.95 Å². The molecule has 1 aliphatic heterocycles. The minimum Gasteiger partial charge on any atom is -0.486 e. The molecular formula is C13H10F3N3O2. The first-order chi connectivity index (χ1) is 10.0. The number of anilines is 2. The van der Waals surface area contributed by atoms with Crippen molar-refractivity contribution in [1.29, 1.82) is 0 Å². The Morgan fingerprint density at radius 2 is 1.81 bits per heavy atom. The fraction of sp³-hybridized carbons (Fsp3) is 0.231. The first-order valence-electron chi connectivity index (χ1n) is 6.09. The average Bonchev–Trinajstić information content (AvgIpc) is 2.46. The summed E-state index contributed by atoms with van der Waals surface area (Å²) in [5.41, 5.74) is -0.490. The van der Waals surface area contributed by atoms with Gasteiger partial charge in [0.25, 0.3) is 0 Å². The Balaban J connectivity index is 1.83. The number of hydrogen-bond donors (Lipinski definition) is 1. The Morgan fingerprint density at radius 3 is 2.57 bits per heavy atom. The molecule has 0 aliphatic carbocycles. The maximum atomic E-state index is 12.6. The van der Waals surface area contributed by atoms with Gasteiger partial charge in [-0.25, -0.2) is 9.97 Å². The number of rotatable bonds is 2. The van der Waals surface area contributed by atoms with Crippen molar-refractivity contribution in [3.8, 4) is 11.5 Å². The number of aromatic nitrogens is 2. The van der Waals surface area contributed by atoms with E-state index in [0.29, 0.717) is 30.4 Å². The molecule has 1 aromatic carbocycles. The fourth-order valence-electron chi connectivity index (χ4n) is 1.83. The molecule has 0 atom stereocenters. The van der Waals surface area contributed by atoms with Crippen LogP contribution in [0.2, 0.25) is 0 Å². The van der Waals surface area contributed by atoms with Gasteiger partial charge in [-0.2, -0.15) is 13.2 Å². The van der Waals surface area contributed by atoms with Gasteiger partial charge >= 0.3 is 6.18 Å². The van der Waals surface area contributed by atoms with E-state index in [9.17, 15) is 13.2 Å². The third-order valence-electron chi connectivity index (χ3n) is 2.74. The predicted octanol–water partition coefficient (Wildman–Crippen LogP) is 3.01. The first-order valence-corrected chi connectivity index (χ1v) is 6.09. The van der Waals surface area contributed by atoms with E-state index in [1.165, 1.54) is 0 Å². The minimum absolute atomic E-state index is 0.137. The molecule has 21 heavy (non-hydrogen) atoms. The second kappa shape index (κ2) is 5.12. The molecule has 8 heteroatoms. The summed E-state index contributed by atoms with van der Waals surface area (Å²) in [7, 11) is 0. The van der Waals surface area contributed by atoms with Gasteiger partial charge in [0.1, 0.15) is 18.9 Å². The summed E-state index contributed by atoms with van der Waals surface area (Å²) in [5, 5.41) is 2.71. The Kier molecular flexibility index (Phi) is 3.28. The monoisotopic (exact) mass is 297 g/mol. The van der Waals surface area contributed by atoms with Crippen molar-refractivity contribution >= 4 is 11.6 Å². The molecule has 1 N–H and O–H groups in total. The Bertz CT molecular complexity index is 661. The van der Waals surface area contributed by atoms with Crippen molar-refractivity contribution in [1.82, 2.24) is 9.97 Å². The number of nitrogens with one attached hydrogen (secondary N) is 1. The zero-order chi connectivity index (χ0) is 14.9. The van der Waals surface area contributed by atoms with E-state index in [1.807, 2.05) is 0 Å². The number of ether oxygens (including phenoxy) is 2. The van der Waals surface area contributed by atoms with Gasteiger partial charge in [-0.05, 0) is 18.2 Å². The molecule has 5 nitrogen and oxygen atoms in total. The van der Waals surface area contributed by atoms with Crippen molar-refractivity contribution in [2.45, 2.75) is 6.18 Å². The van der Waals surface area contributed by atoms with Crippen LogP contribution in [0.3, 0.4) is 0 Å². The summed E-state index contributed by atoms with van der Waals surface area (Å²) >= 11 is 0. The zero-order valence-electron chi connectivity index (χ0n) is 10.6. The van der Waals surface area contributed by atoms with Gasteiger partial charge in [-0.15, -0.1) is 0 Å². The third kappa shape index (κ3) is 2.99. The van der Waals surface area contributed by atoms with Crippen LogP contribution < -0.4 is 14.8 Å². The topological polar surface area (TPSA) is 56.3 Å². The maximum absolute atomic E-state index is 12.6. The van der Waals surface area contributed by atoms with Crippen LogP contribution in [0.4, 0.5) is 24.8 Å². The van der Waals surface area contributed by atoms with E-state index in [2.05, 4.69) is 15.3 Å². The minimum atomic E-state index is -4.51. The number of halogens is 3. The highest BCUT2D eigenvalue weighted by Crippen LogP contribution is 2.33. The summed E-state index contributed by atoms with van der Waals surface area (Å²) in [4.78, 5) is 7.20. The molecule has 1 aromatic heterocycles. The van der Waals surface area contributed by atoms with E-state index in [4.69, 9.17) is 9.47 Å². The zero-order valence-corrected chi connectivity index (χ0v) is 10.6. The Morgan fingerprint density at radius 1 is 1.05 bits per heavy atom. The molecule has 1 aliphatic rings. The second-order valence-electron chi connectivity index (χ2n) is 4.25. The Hall–Kier alpha value is -2.51. The van der Waals surface area contributed by atoms with Crippen LogP contribution in [0.5, 0.6) is 11.5 Å². The highest BCUT2D eigenvalue weighted by atomic mass is 19.4. The molecule has 0 radical (unpaired) electrons. The molecule has 0 spiro atoms. The van der Waals surface area contributed by atoms with Gasteiger partial charge in [-0.1, -0.05) is 0 Å². The maximum Gasteiger partial charge on any atom is 0.433 e. The summed E-state index contributed by atoms with van der Waals surface area (Å²) in [6.07, 6.45) is -3.46. The number of benzene rings is 1. The summed E-state index contributed by atoms with van der Waals surface area (Å²) in [6.45, 7) is 0.896. The van der Waals surface area contributed by atoms with Crippen molar-refractivity contribution in [3.63, 3.8) is 0 Å². The van der Waals surface area contributed by atoms with Gasteiger partial charge in [0.15, 0.2) is 11.5 Å².